The van der Waals surface area contributed by atoms with Crippen LogP contribution >= 0.6 is 15.9 Å². The first kappa shape index (κ1) is 13.5. The lowest BCUT2D eigenvalue weighted by Gasteiger charge is -2.03. The van der Waals surface area contributed by atoms with E-state index in [1.807, 2.05) is 19.1 Å². The molecule has 0 aliphatic heterocycles. The zero-order valence-electron chi connectivity index (χ0n) is 10.4. The Morgan fingerprint density at radius 1 is 1.21 bits per heavy atom. The fourth-order valence-electron chi connectivity index (χ4n) is 1.48. The quantitative estimate of drug-likeness (QED) is 0.799. The number of nitrogens with zero attached hydrogens (tertiary/aromatic N) is 3. The average molecular weight is 318 g/mol. The minimum absolute atomic E-state index is 0.161. The Labute approximate surface area is 119 Å². The summed E-state index contributed by atoms with van der Waals surface area (Å²) in [5.41, 5.74) is 1.22. The van der Waals surface area contributed by atoms with Gasteiger partial charge in [0.2, 0.25) is 0 Å². The number of rotatable bonds is 2. The van der Waals surface area contributed by atoms with Gasteiger partial charge in [0.25, 0.3) is 5.56 Å². The van der Waals surface area contributed by atoms with E-state index >= 15 is 0 Å². The normalized spacial score (nSPS) is 9.79. The Hall–Kier alpha value is -1.93. The Bertz CT molecular complexity index is 680. The van der Waals surface area contributed by atoms with Crippen molar-refractivity contribution in [3.05, 3.63) is 45.3 Å². The SMILES string of the molecule is CCC#CCn1nc(-c2ccc(Br)cn2)ccc1=O. The number of hydrogen-bond acceptors (Lipinski definition) is 3. The maximum Gasteiger partial charge on any atom is 0.267 e. The van der Waals surface area contributed by atoms with Crippen LogP contribution in [0.4, 0.5) is 0 Å². The van der Waals surface area contributed by atoms with Gasteiger partial charge in [-0.3, -0.25) is 9.78 Å². The van der Waals surface area contributed by atoms with E-state index in [1.165, 1.54) is 10.7 Å². The van der Waals surface area contributed by atoms with E-state index in [9.17, 15) is 4.79 Å². The summed E-state index contributed by atoms with van der Waals surface area (Å²) >= 11 is 3.33. The molecule has 0 saturated carbocycles. The Morgan fingerprint density at radius 3 is 2.68 bits per heavy atom. The molecule has 19 heavy (non-hydrogen) atoms. The highest BCUT2D eigenvalue weighted by Crippen LogP contribution is 2.15. The monoisotopic (exact) mass is 317 g/mol. The molecule has 2 aromatic heterocycles. The summed E-state index contributed by atoms with van der Waals surface area (Å²) in [6, 6.07) is 6.89. The molecule has 2 rings (SSSR count). The summed E-state index contributed by atoms with van der Waals surface area (Å²) in [7, 11) is 0. The van der Waals surface area contributed by atoms with Gasteiger partial charge in [0, 0.05) is 23.2 Å². The van der Waals surface area contributed by atoms with Gasteiger partial charge in [0.15, 0.2) is 0 Å². The van der Waals surface area contributed by atoms with Crippen LogP contribution in [-0.2, 0) is 6.54 Å². The van der Waals surface area contributed by atoms with E-state index in [2.05, 4.69) is 37.9 Å². The molecule has 0 bridgehead atoms. The van der Waals surface area contributed by atoms with Crippen molar-refractivity contribution in [2.45, 2.75) is 19.9 Å². The second-order valence-corrected chi connectivity index (χ2v) is 4.70. The van der Waals surface area contributed by atoms with Crippen LogP contribution in [0.1, 0.15) is 13.3 Å². The van der Waals surface area contributed by atoms with Crippen LogP contribution in [0.15, 0.2) is 39.7 Å². The van der Waals surface area contributed by atoms with Crippen LogP contribution in [-0.4, -0.2) is 14.8 Å². The maximum absolute atomic E-state index is 11.7. The molecular weight excluding hydrogens is 306 g/mol. The van der Waals surface area contributed by atoms with Gasteiger partial charge >= 0.3 is 0 Å². The molecule has 0 N–H and O–H groups in total. The van der Waals surface area contributed by atoms with Crippen molar-refractivity contribution in [2.24, 2.45) is 0 Å². The fourth-order valence-corrected chi connectivity index (χ4v) is 1.72. The second kappa shape index (κ2) is 6.30. The summed E-state index contributed by atoms with van der Waals surface area (Å²) in [6.07, 6.45) is 2.46. The first-order valence-electron chi connectivity index (χ1n) is 5.86. The lowest BCUT2D eigenvalue weighted by atomic mass is 10.2. The van der Waals surface area contributed by atoms with Crippen LogP contribution in [0.3, 0.4) is 0 Å². The minimum atomic E-state index is -0.161. The zero-order chi connectivity index (χ0) is 13.7. The lowest BCUT2D eigenvalue weighted by molar-refractivity contribution is 0.665. The molecule has 0 aliphatic rings. The summed E-state index contributed by atoms with van der Waals surface area (Å²) in [5.74, 6) is 5.82. The smallest absolute Gasteiger partial charge is 0.267 e. The summed E-state index contributed by atoms with van der Waals surface area (Å²) < 4.78 is 2.25. The third-order valence-electron chi connectivity index (χ3n) is 2.39. The summed E-state index contributed by atoms with van der Waals surface area (Å²) in [4.78, 5) is 15.9. The zero-order valence-corrected chi connectivity index (χ0v) is 12.0. The number of hydrogen-bond donors (Lipinski definition) is 0. The van der Waals surface area contributed by atoms with Gasteiger partial charge in [-0.1, -0.05) is 12.8 Å². The molecule has 0 aliphatic carbocycles. The fraction of sp³-hybridized carbons (Fsp3) is 0.214. The van der Waals surface area contributed by atoms with Crippen molar-refractivity contribution in [3.63, 3.8) is 0 Å². The van der Waals surface area contributed by atoms with E-state index in [4.69, 9.17) is 0 Å². The topological polar surface area (TPSA) is 47.8 Å². The average Bonchev–Trinajstić information content (AvgIpc) is 2.42. The molecule has 0 spiro atoms. The molecule has 4 nitrogen and oxygen atoms in total. The van der Waals surface area contributed by atoms with Crippen molar-refractivity contribution in [3.8, 4) is 23.2 Å². The van der Waals surface area contributed by atoms with Crippen molar-refractivity contribution in [1.29, 1.82) is 0 Å². The third-order valence-corrected chi connectivity index (χ3v) is 2.86. The van der Waals surface area contributed by atoms with Crippen LogP contribution in [0.25, 0.3) is 11.4 Å². The molecule has 0 fully saturated rings. The first-order valence-corrected chi connectivity index (χ1v) is 6.66. The van der Waals surface area contributed by atoms with Gasteiger partial charge in [0.05, 0.1) is 5.69 Å². The van der Waals surface area contributed by atoms with Gasteiger partial charge in [-0.2, -0.15) is 5.10 Å². The largest absolute Gasteiger partial charge is 0.268 e. The number of pyridine rings is 1. The molecule has 0 unspecified atom stereocenters. The molecule has 5 heteroatoms. The van der Waals surface area contributed by atoms with Crippen LogP contribution < -0.4 is 5.56 Å². The molecular formula is C14H12BrN3O. The van der Waals surface area contributed by atoms with Gasteiger partial charge in [-0.05, 0) is 34.1 Å². The molecule has 2 heterocycles. The lowest BCUT2D eigenvalue weighted by Crippen LogP contribution is -2.21. The number of aromatic nitrogens is 3. The van der Waals surface area contributed by atoms with Crippen LogP contribution in [0.2, 0.25) is 0 Å². The van der Waals surface area contributed by atoms with Gasteiger partial charge < -0.3 is 0 Å². The van der Waals surface area contributed by atoms with E-state index in [0.29, 0.717) is 12.2 Å². The molecule has 0 atom stereocenters. The van der Waals surface area contributed by atoms with E-state index < -0.39 is 0 Å². The van der Waals surface area contributed by atoms with E-state index in [1.54, 1.807) is 12.3 Å². The highest BCUT2D eigenvalue weighted by molar-refractivity contribution is 9.10. The molecule has 0 radical (unpaired) electrons. The van der Waals surface area contributed by atoms with E-state index in [-0.39, 0.29) is 5.56 Å². The van der Waals surface area contributed by atoms with E-state index in [0.717, 1.165) is 16.6 Å². The second-order valence-electron chi connectivity index (χ2n) is 3.78. The van der Waals surface area contributed by atoms with Gasteiger partial charge in [-0.15, -0.1) is 5.92 Å². The molecule has 0 amide bonds. The Morgan fingerprint density at radius 2 is 2.00 bits per heavy atom. The van der Waals surface area contributed by atoms with Gasteiger partial charge in [0.1, 0.15) is 12.2 Å². The van der Waals surface area contributed by atoms with Crippen molar-refractivity contribution in [2.75, 3.05) is 0 Å². The van der Waals surface area contributed by atoms with Crippen LogP contribution in [0.5, 0.6) is 0 Å². The molecule has 0 aromatic carbocycles. The predicted molar refractivity (Wildman–Crippen MR) is 77.5 cm³/mol. The minimum Gasteiger partial charge on any atom is -0.268 e. The molecule has 0 saturated heterocycles. The maximum atomic E-state index is 11.7. The van der Waals surface area contributed by atoms with Crippen LogP contribution in [0, 0.1) is 11.8 Å². The molecule has 96 valence electrons. The van der Waals surface area contributed by atoms with Crippen molar-refractivity contribution in [1.82, 2.24) is 14.8 Å². The first-order chi connectivity index (χ1) is 9.20. The Balaban J connectivity index is 2.35. The molecule has 2 aromatic rings. The van der Waals surface area contributed by atoms with Gasteiger partial charge in [-0.25, -0.2) is 4.68 Å². The predicted octanol–water partition coefficient (Wildman–Crippen LogP) is 2.48. The summed E-state index contributed by atoms with van der Waals surface area (Å²) in [5, 5.41) is 4.27. The van der Waals surface area contributed by atoms with Crippen molar-refractivity contribution >= 4 is 15.9 Å². The standard InChI is InChI=1S/C14H12BrN3O/c1-2-3-4-9-18-14(19)8-7-13(17-18)12-6-5-11(15)10-16-12/h5-8,10H,2,9H2,1H3. The Kier molecular flexibility index (Phi) is 4.48. The highest BCUT2D eigenvalue weighted by atomic mass is 79.9. The number of halogens is 1. The van der Waals surface area contributed by atoms with Crippen molar-refractivity contribution < 1.29 is 0 Å². The third kappa shape index (κ3) is 3.52. The summed E-state index contributed by atoms with van der Waals surface area (Å²) in [6.45, 7) is 2.27. The highest BCUT2D eigenvalue weighted by Gasteiger charge is 2.03.